The molecule has 1 heterocycles. The van der Waals surface area contributed by atoms with Gasteiger partial charge in [0, 0.05) is 32.4 Å². The molecule has 2 rings (SSSR count). The van der Waals surface area contributed by atoms with Crippen molar-refractivity contribution in [3.8, 4) is 6.07 Å². The second-order valence-electron chi connectivity index (χ2n) is 6.28. The Labute approximate surface area is 144 Å². The number of nitrogens with zero attached hydrogens (tertiary/aromatic N) is 3. The molecule has 1 atom stereocenters. The molecular weight excluding hydrogens is 300 g/mol. The number of hydrogen-bond acceptors (Lipinski definition) is 4. The van der Waals surface area contributed by atoms with Crippen LogP contribution < -0.4 is 5.32 Å². The number of carbonyl (C=O) groups is 1. The standard InChI is InChI=1S/C19H26N4O/c1-4-16-5-7-17(8-6-16)15(2)21-19(24)18(13-20)14-23-11-9-22(3)10-12-23/h5-8,14-15H,4,9-12H2,1-3H3,(H,21,24)/b18-14-. The zero-order valence-corrected chi connectivity index (χ0v) is 14.7. The molecule has 1 aliphatic rings. The van der Waals surface area contributed by atoms with Crippen LogP contribution in [0.25, 0.3) is 0 Å². The summed E-state index contributed by atoms with van der Waals surface area (Å²) in [4.78, 5) is 16.7. The molecule has 0 saturated carbocycles. The maximum atomic E-state index is 12.4. The first kappa shape index (κ1) is 18.0. The van der Waals surface area contributed by atoms with Gasteiger partial charge < -0.3 is 15.1 Å². The lowest BCUT2D eigenvalue weighted by atomic mass is 10.0. The van der Waals surface area contributed by atoms with E-state index in [0.29, 0.717) is 0 Å². The second-order valence-corrected chi connectivity index (χ2v) is 6.28. The van der Waals surface area contributed by atoms with Gasteiger partial charge in [0.2, 0.25) is 0 Å². The van der Waals surface area contributed by atoms with Gasteiger partial charge in [0.15, 0.2) is 0 Å². The molecule has 1 aromatic carbocycles. The first-order valence-corrected chi connectivity index (χ1v) is 8.47. The lowest BCUT2D eigenvalue weighted by Crippen LogP contribution is -2.42. The largest absolute Gasteiger partial charge is 0.374 e. The average molecular weight is 326 g/mol. The molecule has 1 saturated heterocycles. The molecule has 1 unspecified atom stereocenters. The average Bonchev–Trinajstić information content (AvgIpc) is 2.61. The number of nitriles is 1. The van der Waals surface area contributed by atoms with E-state index in [-0.39, 0.29) is 17.5 Å². The highest BCUT2D eigenvalue weighted by atomic mass is 16.1. The fourth-order valence-corrected chi connectivity index (χ4v) is 2.67. The Morgan fingerprint density at radius 3 is 2.46 bits per heavy atom. The number of piperazine rings is 1. The van der Waals surface area contributed by atoms with Crippen molar-refractivity contribution < 1.29 is 4.79 Å². The van der Waals surface area contributed by atoms with Crippen molar-refractivity contribution in [1.29, 1.82) is 5.26 Å². The Kier molecular flexibility index (Phi) is 6.39. The predicted octanol–water partition coefficient (Wildman–Crippen LogP) is 2.08. The summed E-state index contributed by atoms with van der Waals surface area (Å²) in [7, 11) is 2.07. The molecule has 128 valence electrons. The summed E-state index contributed by atoms with van der Waals surface area (Å²) in [5.74, 6) is -0.316. The van der Waals surface area contributed by atoms with Gasteiger partial charge in [0.05, 0.1) is 6.04 Å². The van der Waals surface area contributed by atoms with Gasteiger partial charge in [0.1, 0.15) is 11.6 Å². The van der Waals surface area contributed by atoms with Crippen LogP contribution in [-0.4, -0.2) is 48.9 Å². The summed E-state index contributed by atoms with van der Waals surface area (Å²) in [6, 6.07) is 10.1. The molecule has 1 aromatic rings. The molecule has 5 heteroatoms. The molecule has 0 aliphatic carbocycles. The first-order chi connectivity index (χ1) is 11.5. The number of benzene rings is 1. The van der Waals surface area contributed by atoms with E-state index in [1.807, 2.05) is 30.0 Å². The highest BCUT2D eigenvalue weighted by Crippen LogP contribution is 2.14. The Morgan fingerprint density at radius 2 is 1.92 bits per heavy atom. The Morgan fingerprint density at radius 1 is 1.29 bits per heavy atom. The van der Waals surface area contributed by atoms with Crippen LogP contribution in [0.1, 0.15) is 31.0 Å². The number of amides is 1. The summed E-state index contributed by atoms with van der Waals surface area (Å²) in [6.45, 7) is 7.60. The smallest absolute Gasteiger partial charge is 0.263 e. The number of nitrogens with one attached hydrogen (secondary N) is 1. The van der Waals surface area contributed by atoms with Crippen LogP contribution in [-0.2, 0) is 11.2 Å². The lowest BCUT2D eigenvalue weighted by Gasteiger charge is -2.31. The predicted molar refractivity (Wildman–Crippen MR) is 95.1 cm³/mol. The monoisotopic (exact) mass is 326 g/mol. The van der Waals surface area contributed by atoms with Crippen molar-refractivity contribution in [1.82, 2.24) is 15.1 Å². The van der Waals surface area contributed by atoms with E-state index in [9.17, 15) is 10.1 Å². The van der Waals surface area contributed by atoms with Crippen LogP contribution in [0.2, 0.25) is 0 Å². The molecular formula is C19H26N4O. The zero-order valence-electron chi connectivity index (χ0n) is 14.7. The van der Waals surface area contributed by atoms with Crippen LogP contribution in [0.15, 0.2) is 36.0 Å². The summed E-state index contributed by atoms with van der Waals surface area (Å²) in [5, 5.41) is 12.2. The molecule has 1 N–H and O–H groups in total. The van der Waals surface area contributed by atoms with Crippen molar-refractivity contribution >= 4 is 5.91 Å². The highest BCUT2D eigenvalue weighted by Gasteiger charge is 2.17. The fraction of sp³-hybridized carbons (Fsp3) is 0.474. The van der Waals surface area contributed by atoms with E-state index in [4.69, 9.17) is 0 Å². The van der Waals surface area contributed by atoms with Gasteiger partial charge in [-0.15, -0.1) is 0 Å². The molecule has 1 fully saturated rings. The van der Waals surface area contributed by atoms with Gasteiger partial charge in [-0.2, -0.15) is 5.26 Å². The van der Waals surface area contributed by atoms with Crippen molar-refractivity contribution in [3.63, 3.8) is 0 Å². The highest BCUT2D eigenvalue weighted by molar-refractivity contribution is 5.97. The molecule has 0 aromatic heterocycles. The summed E-state index contributed by atoms with van der Waals surface area (Å²) in [5.41, 5.74) is 2.47. The normalized spacial score (nSPS) is 17.2. The van der Waals surface area contributed by atoms with Crippen molar-refractivity contribution in [2.24, 2.45) is 0 Å². The van der Waals surface area contributed by atoms with Crippen molar-refractivity contribution in [3.05, 3.63) is 47.2 Å². The Balaban J connectivity index is 1.99. The van der Waals surface area contributed by atoms with Crippen LogP contribution in [0.4, 0.5) is 0 Å². The molecule has 24 heavy (non-hydrogen) atoms. The van der Waals surface area contributed by atoms with Gasteiger partial charge in [-0.25, -0.2) is 0 Å². The molecule has 0 spiro atoms. The number of hydrogen-bond donors (Lipinski definition) is 1. The lowest BCUT2D eigenvalue weighted by molar-refractivity contribution is -0.117. The van der Waals surface area contributed by atoms with Gasteiger partial charge in [-0.05, 0) is 31.5 Å². The molecule has 0 bridgehead atoms. The van der Waals surface area contributed by atoms with Crippen molar-refractivity contribution in [2.45, 2.75) is 26.3 Å². The van der Waals surface area contributed by atoms with Crippen molar-refractivity contribution in [2.75, 3.05) is 33.2 Å². The van der Waals surface area contributed by atoms with E-state index in [1.54, 1.807) is 6.20 Å². The van der Waals surface area contributed by atoms with Gasteiger partial charge in [0.25, 0.3) is 5.91 Å². The SMILES string of the molecule is CCc1ccc(C(C)NC(=O)/C(C#N)=C\N2CCN(C)CC2)cc1. The second kappa shape index (κ2) is 8.51. The summed E-state index contributed by atoms with van der Waals surface area (Å²) in [6.07, 6.45) is 2.68. The van der Waals surface area contributed by atoms with E-state index in [2.05, 4.69) is 36.3 Å². The Bertz CT molecular complexity index is 622. The fourth-order valence-electron chi connectivity index (χ4n) is 2.67. The first-order valence-electron chi connectivity index (χ1n) is 8.47. The van der Waals surface area contributed by atoms with Gasteiger partial charge in [-0.3, -0.25) is 4.79 Å². The summed E-state index contributed by atoms with van der Waals surface area (Å²) >= 11 is 0. The Hall–Kier alpha value is -2.32. The maximum Gasteiger partial charge on any atom is 0.263 e. The van der Waals surface area contributed by atoms with E-state index in [0.717, 1.165) is 38.2 Å². The zero-order chi connectivity index (χ0) is 17.5. The summed E-state index contributed by atoms with van der Waals surface area (Å²) < 4.78 is 0. The minimum atomic E-state index is -0.316. The minimum Gasteiger partial charge on any atom is -0.374 e. The topological polar surface area (TPSA) is 59.4 Å². The number of aryl methyl sites for hydroxylation is 1. The van der Waals surface area contributed by atoms with Crippen LogP contribution in [0.3, 0.4) is 0 Å². The maximum absolute atomic E-state index is 12.4. The van der Waals surface area contributed by atoms with Gasteiger partial charge in [-0.1, -0.05) is 31.2 Å². The quantitative estimate of drug-likeness (QED) is 0.665. The van der Waals surface area contributed by atoms with Gasteiger partial charge >= 0.3 is 0 Å². The number of likely N-dealkylation sites (N-methyl/N-ethyl adjacent to an activating group) is 1. The van der Waals surface area contributed by atoms with Crippen LogP contribution >= 0.6 is 0 Å². The van der Waals surface area contributed by atoms with E-state index < -0.39 is 0 Å². The minimum absolute atomic E-state index is 0.132. The third-order valence-corrected chi connectivity index (χ3v) is 4.45. The number of rotatable bonds is 5. The molecule has 1 aliphatic heterocycles. The number of carbonyl (C=O) groups excluding carboxylic acids is 1. The molecule has 1 amide bonds. The van der Waals surface area contributed by atoms with Crippen LogP contribution in [0, 0.1) is 11.3 Å². The van der Waals surface area contributed by atoms with E-state index in [1.165, 1.54) is 5.56 Å². The third kappa shape index (κ3) is 4.84. The van der Waals surface area contributed by atoms with E-state index >= 15 is 0 Å². The third-order valence-electron chi connectivity index (χ3n) is 4.45. The van der Waals surface area contributed by atoms with Crippen LogP contribution in [0.5, 0.6) is 0 Å². The molecule has 5 nitrogen and oxygen atoms in total. The molecule has 0 radical (unpaired) electrons.